The summed E-state index contributed by atoms with van der Waals surface area (Å²) in [5, 5.41) is 176. The van der Waals surface area contributed by atoms with Crippen LogP contribution in [0.15, 0.2) is 0 Å². The van der Waals surface area contributed by atoms with Crippen LogP contribution < -0.4 is 0 Å². The monoisotopic (exact) mass is 1240 g/mol. The van der Waals surface area contributed by atoms with Crippen molar-refractivity contribution in [1.29, 1.82) is 0 Å². The van der Waals surface area contributed by atoms with Crippen LogP contribution in [0.4, 0.5) is 0 Å². The Morgan fingerprint density at radius 3 is 1.55 bits per heavy atom. The van der Waals surface area contributed by atoms with Gasteiger partial charge in [0.1, 0.15) is 116 Å². The lowest BCUT2D eigenvalue weighted by Gasteiger charge is -2.62. The molecule has 16 N–H and O–H groups in total. The molecule has 28 nitrogen and oxygen atoms in total. The van der Waals surface area contributed by atoms with Crippen molar-refractivity contribution in [3.63, 3.8) is 0 Å². The van der Waals surface area contributed by atoms with Crippen molar-refractivity contribution in [2.24, 2.45) is 52.3 Å². The van der Waals surface area contributed by atoms with E-state index in [1.165, 1.54) is 0 Å². The highest BCUT2D eigenvalue weighted by molar-refractivity contribution is 5.16. The molecule has 0 aromatic rings. The zero-order valence-electron chi connectivity index (χ0n) is 49.4. The second-order valence-corrected chi connectivity index (χ2v) is 27.5. The fourth-order valence-electron chi connectivity index (χ4n) is 17.9. The number of aliphatic hydroxyl groups excluding tert-OH is 16. The van der Waals surface area contributed by atoms with Crippen LogP contribution in [0.2, 0.25) is 0 Å². The normalized spacial score (nSPS) is 57.5. The third-order valence-electron chi connectivity index (χ3n) is 22.8. The molecule has 11 rings (SSSR count). The van der Waals surface area contributed by atoms with Gasteiger partial charge in [-0.3, -0.25) is 0 Å². The van der Waals surface area contributed by atoms with Gasteiger partial charge in [0, 0.05) is 12.3 Å². The highest BCUT2D eigenvalue weighted by Crippen LogP contribution is 2.71. The van der Waals surface area contributed by atoms with Crippen molar-refractivity contribution in [2.75, 3.05) is 33.0 Å². The maximum Gasteiger partial charge on any atom is 0.187 e. The highest BCUT2D eigenvalue weighted by atomic mass is 16.8. The number of hydrogen-bond acceptors (Lipinski definition) is 28. The van der Waals surface area contributed by atoms with Gasteiger partial charge in [0.25, 0.3) is 0 Å². The van der Waals surface area contributed by atoms with E-state index < -0.39 is 198 Å². The summed E-state index contributed by atoms with van der Waals surface area (Å²) >= 11 is 0. The predicted octanol–water partition coefficient (Wildman–Crippen LogP) is -4.70. The van der Waals surface area contributed by atoms with Gasteiger partial charge < -0.3 is 139 Å². The second kappa shape index (κ2) is 26.0. The molecule has 28 heteroatoms. The van der Waals surface area contributed by atoms with Crippen LogP contribution in [0, 0.1) is 52.3 Å². The first-order chi connectivity index (χ1) is 40.9. The van der Waals surface area contributed by atoms with Gasteiger partial charge >= 0.3 is 0 Å². The van der Waals surface area contributed by atoms with E-state index in [0.29, 0.717) is 48.3 Å². The Balaban J connectivity index is 0.794. The Labute approximate surface area is 499 Å². The van der Waals surface area contributed by atoms with E-state index in [1.807, 2.05) is 0 Å². The molecule has 38 atom stereocenters. The van der Waals surface area contributed by atoms with Gasteiger partial charge in [-0.25, -0.2) is 0 Å². The summed E-state index contributed by atoms with van der Waals surface area (Å²) in [6, 6.07) is 0. The standard InChI is InChI=1S/C58H96O28/c1-6-28-47(42(70)45(73)51(76-28)77-29-13-23-7-8-24-25(57(23,5)15-27(29)63)10-11-56(4)26(24)14-30-35(56)22(3)58(86-30)12-9-21(2)20-75-58)82-55-50(85-53-44(72)41(69)37(65)32(17-60)79-53)49(39(67)34(19-62)81-55)84-54-46(74)48(38(66)33(18-61)80-54)83-52-43(71)40(68)36(64)31(16-59)78-52/h21-55,59-74H,6-20H2,1-5H3/t21?,22?,23?,24?,25?,26?,27-,28-,29-,30?,31-,32-,33-,34-,35?,36-,37-,38-,39-,40+,41+,42-,43-,44-,45-,46-,47+,48+,49+,50-,51+,52+,53+,54+,55+,56+,57+,58?/m1/s1. The average Bonchev–Trinajstić information content (AvgIpc) is 1.57. The van der Waals surface area contributed by atoms with E-state index in [-0.39, 0.29) is 29.3 Å². The molecule has 0 amide bonds. The van der Waals surface area contributed by atoms with Crippen LogP contribution in [0.3, 0.4) is 0 Å². The fourth-order valence-corrected chi connectivity index (χ4v) is 17.9. The molecular formula is C58H96O28. The van der Waals surface area contributed by atoms with Crippen molar-refractivity contribution in [3.8, 4) is 0 Å². The predicted molar refractivity (Wildman–Crippen MR) is 285 cm³/mol. The van der Waals surface area contributed by atoms with Crippen molar-refractivity contribution >= 4 is 0 Å². The minimum Gasteiger partial charge on any atom is -0.394 e. The number of hydrogen-bond donors (Lipinski definition) is 16. The summed E-state index contributed by atoms with van der Waals surface area (Å²) in [5.74, 6) is 2.24. The summed E-state index contributed by atoms with van der Waals surface area (Å²) in [5.41, 5.74) is -0.0840. The van der Waals surface area contributed by atoms with Gasteiger partial charge in [0.05, 0.1) is 57.5 Å². The Morgan fingerprint density at radius 1 is 0.453 bits per heavy atom. The molecule has 7 saturated heterocycles. The van der Waals surface area contributed by atoms with Crippen molar-refractivity contribution in [1.82, 2.24) is 0 Å². The topological polar surface area (TPSA) is 434 Å². The number of ether oxygens (including phenoxy) is 12. The minimum atomic E-state index is -2.18. The fraction of sp³-hybridized carbons (Fsp3) is 1.00. The molecule has 1 spiro atoms. The van der Waals surface area contributed by atoms with Crippen LogP contribution in [-0.4, -0.2) is 292 Å². The zero-order chi connectivity index (χ0) is 61.8. The number of aliphatic hydroxyl groups is 16. The highest BCUT2D eigenvalue weighted by Gasteiger charge is 2.70. The molecule has 496 valence electrons. The average molecular weight is 1240 g/mol. The van der Waals surface area contributed by atoms with Crippen LogP contribution in [0.1, 0.15) is 98.8 Å². The summed E-state index contributed by atoms with van der Waals surface area (Å²) in [6.07, 6.45) is -39.7. The van der Waals surface area contributed by atoms with E-state index in [2.05, 4.69) is 27.7 Å². The van der Waals surface area contributed by atoms with Gasteiger partial charge in [-0.05, 0) is 104 Å². The van der Waals surface area contributed by atoms with Gasteiger partial charge in [0.15, 0.2) is 37.2 Å². The Hall–Kier alpha value is -1.12. The van der Waals surface area contributed by atoms with Crippen LogP contribution in [0.25, 0.3) is 0 Å². The van der Waals surface area contributed by atoms with Crippen LogP contribution >= 0.6 is 0 Å². The van der Waals surface area contributed by atoms with E-state index in [4.69, 9.17) is 56.8 Å². The summed E-state index contributed by atoms with van der Waals surface area (Å²) in [4.78, 5) is 0. The first-order valence-corrected chi connectivity index (χ1v) is 31.3. The summed E-state index contributed by atoms with van der Waals surface area (Å²) < 4.78 is 74.0. The van der Waals surface area contributed by atoms with Crippen molar-refractivity contribution < 1.29 is 139 Å². The zero-order valence-corrected chi connectivity index (χ0v) is 49.4. The quantitative estimate of drug-likeness (QED) is 0.0685. The number of rotatable bonds is 15. The lowest BCUT2D eigenvalue weighted by atomic mass is 9.44. The lowest BCUT2D eigenvalue weighted by Crippen LogP contribution is -2.69. The first kappa shape index (κ1) is 66.3. The SMILES string of the molecule is CC[C@H]1O[C@@H](O[C@@H]2CC3CCC4C(CC[C@@]5(C)C4CC4OC6(CCC(C)CO6)C(C)C45)[C@@]3(C)C[C@H]2O)[C@H](O)[C@@H](O)[C@H]1O[C@@H]1O[C@H](CO)[C@@H](O)[C@H](O[C@@H]2O[C@H](CO)[C@@H](O)[C@H](O[C@@H]3O[C@H](CO)[C@@H](O)[C@H](O)[C@H]3O)[C@H]2O)[C@H]1O[C@@H]1O[C@H](CO)[C@@H](O)[C@H](O)[C@H]1O. The molecule has 4 saturated carbocycles. The minimum absolute atomic E-state index is 0.0872. The molecule has 0 aromatic carbocycles. The molecular weight excluding hydrogens is 1140 g/mol. The molecule has 11 aliphatic rings. The van der Waals surface area contributed by atoms with E-state index >= 15 is 0 Å². The molecule has 7 heterocycles. The van der Waals surface area contributed by atoms with Crippen LogP contribution in [-0.2, 0) is 56.8 Å². The largest absolute Gasteiger partial charge is 0.394 e. The molecule has 9 unspecified atom stereocenters. The van der Waals surface area contributed by atoms with E-state index in [9.17, 15) is 81.7 Å². The van der Waals surface area contributed by atoms with Gasteiger partial charge in [-0.15, -0.1) is 0 Å². The first-order valence-electron chi connectivity index (χ1n) is 31.3. The maximum atomic E-state index is 12.1. The molecule has 0 aromatic heterocycles. The molecule has 11 fully saturated rings. The van der Waals surface area contributed by atoms with Gasteiger partial charge in [0.2, 0.25) is 0 Å². The van der Waals surface area contributed by atoms with Gasteiger partial charge in [-0.1, -0.05) is 34.6 Å². The molecule has 7 aliphatic heterocycles. The molecule has 0 radical (unpaired) electrons. The summed E-state index contributed by atoms with van der Waals surface area (Å²) in [6.45, 7) is 8.09. The van der Waals surface area contributed by atoms with Crippen molar-refractivity contribution in [2.45, 2.75) is 276 Å². The smallest absolute Gasteiger partial charge is 0.187 e. The van der Waals surface area contributed by atoms with Crippen molar-refractivity contribution in [3.05, 3.63) is 0 Å². The Morgan fingerprint density at radius 2 is 0.965 bits per heavy atom. The summed E-state index contributed by atoms with van der Waals surface area (Å²) in [7, 11) is 0. The molecule has 86 heavy (non-hydrogen) atoms. The van der Waals surface area contributed by atoms with Gasteiger partial charge in [-0.2, -0.15) is 0 Å². The van der Waals surface area contributed by atoms with E-state index in [0.717, 1.165) is 51.6 Å². The Bertz CT molecular complexity index is 2230. The third kappa shape index (κ3) is 11.5. The lowest BCUT2D eigenvalue weighted by molar-refractivity contribution is -0.410. The Kier molecular flexibility index (Phi) is 20.1. The maximum absolute atomic E-state index is 12.1. The molecule has 4 aliphatic carbocycles. The van der Waals surface area contributed by atoms with Crippen LogP contribution in [0.5, 0.6) is 0 Å². The molecule has 0 bridgehead atoms. The third-order valence-corrected chi connectivity index (χ3v) is 22.8. The van der Waals surface area contributed by atoms with E-state index in [1.54, 1.807) is 6.92 Å². The second-order valence-electron chi connectivity index (χ2n) is 27.5. The number of fused-ring (bicyclic) bond motifs is 7.